The molecule has 0 fully saturated rings. The van der Waals surface area contributed by atoms with Crippen molar-refractivity contribution in [1.82, 2.24) is 19.6 Å². The fourth-order valence-corrected chi connectivity index (χ4v) is 3.59. The van der Waals surface area contributed by atoms with Crippen LogP contribution in [0.3, 0.4) is 0 Å². The molecule has 0 saturated heterocycles. The summed E-state index contributed by atoms with van der Waals surface area (Å²) in [7, 11) is 0. The van der Waals surface area contributed by atoms with Crippen LogP contribution in [-0.2, 0) is 5.75 Å². The molecule has 3 aromatic rings. The van der Waals surface area contributed by atoms with Crippen molar-refractivity contribution in [2.24, 2.45) is 0 Å². The normalized spacial score (nSPS) is 13.0. The number of rotatable bonds is 3. The average molecular weight is 363 g/mol. The fraction of sp³-hybridized carbons (Fsp3) is 0.312. The Balaban J connectivity index is 1.59. The van der Waals surface area contributed by atoms with Gasteiger partial charge in [-0.25, -0.2) is 9.50 Å². The van der Waals surface area contributed by atoms with Gasteiger partial charge in [0.1, 0.15) is 0 Å². The molecule has 1 aliphatic heterocycles. The second kappa shape index (κ2) is 5.82. The first-order valence-corrected chi connectivity index (χ1v) is 8.80. The van der Waals surface area contributed by atoms with Crippen molar-refractivity contribution in [3.05, 3.63) is 39.7 Å². The van der Waals surface area contributed by atoms with Crippen LogP contribution in [-0.4, -0.2) is 26.4 Å². The third-order valence-electron chi connectivity index (χ3n) is 4.10. The minimum atomic E-state index is 0.212. The third kappa shape index (κ3) is 2.57. The van der Waals surface area contributed by atoms with E-state index in [1.807, 2.05) is 32.9 Å². The van der Waals surface area contributed by atoms with Crippen LogP contribution in [0.2, 0.25) is 5.02 Å². The molecule has 0 spiro atoms. The van der Waals surface area contributed by atoms with E-state index in [1.54, 1.807) is 4.52 Å². The lowest BCUT2D eigenvalue weighted by atomic mass is 10.2. The summed E-state index contributed by atoms with van der Waals surface area (Å²) in [6.45, 7) is 6.26. The zero-order valence-electron chi connectivity index (χ0n) is 13.5. The number of halogens is 1. The number of hydrogen-bond donors (Lipinski definition) is 0. The van der Waals surface area contributed by atoms with E-state index in [9.17, 15) is 0 Å². The third-order valence-corrected chi connectivity index (χ3v) is 5.29. The topological polar surface area (TPSA) is 61.5 Å². The molecule has 24 heavy (non-hydrogen) atoms. The van der Waals surface area contributed by atoms with Crippen molar-refractivity contribution >= 4 is 29.1 Å². The van der Waals surface area contributed by atoms with Gasteiger partial charge in [0.15, 0.2) is 11.5 Å². The van der Waals surface area contributed by atoms with Gasteiger partial charge in [-0.3, -0.25) is 0 Å². The molecular weight excluding hydrogens is 348 g/mol. The number of ether oxygens (including phenoxy) is 2. The van der Waals surface area contributed by atoms with E-state index in [1.165, 1.54) is 11.8 Å². The van der Waals surface area contributed by atoms with Crippen LogP contribution in [0.4, 0.5) is 0 Å². The van der Waals surface area contributed by atoms with E-state index >= 15 is 0 Å². The number of aromatic nitrogens is 4. The number of thioether (sulfide) groups is 1. The van der Waals surface area contributed by atoms with Gasteiger partial charge in [0.2, 0.25) is 11.9 Å². The summed E-state index contributed by atoms with van der Waals surface area (Å²) in [6.07, 6.45) is 0. The zero-order chi connectivity index (χ0) is 16.8. The van der Waals surface area contributed by atoms with Crippen molar-refractivity contribution in [2.45, 2.75) is 31.7 Å². The van der Waals surface area contributed by atoms with Crippen molar-refractivity contribution in [3.63, 3.8) is 0 Å². The highest BCUT2D eigenvalue weighted by Gasteiger charge is 2.19. The van der Waals surface area contributed by atoms with Gasteiger partial charge >= 0.3 is 0 Å². The molecule has 0 radical (unpaired) electrons. The lowest BCUT2D eigenvalue weighted by molar-refractivity contribution is 0.174. The smallest absolute Gasteiger partial charge is 0.253 e. The van der Waals surface area contributed by atoms with Gasteiger partial charge in [-0.2, -0.15) is 4.98 Å². The number of hydrogen-bond acceptors (Lipinski definition) is 6. The van der Waals surface area contributed by atoms with E-state index in [2.05, 4.69) is 15.1 Å². The monoisotopic (exact) mass is 362 g/mol. The van der Waals surface area contributed by atoms with Crippen LogP contribution < -0.4 is 9.47 Å². The first-order chi connectivity index (χ1) is 11.5. The van der Waals surface area contributed by atoms with Crippen LogP contribution in [0.5, 0.6) is 11.5 Å². The summed E-state index contributed by atoms with van der Waals surface area (Å²) in [5.74, 6) is 2.61. The van der Waals surface area contributed by atoms with E-state index in [-0.39, 0.29) is 6.79 Å². The Labute approximate surface area is 148 Å². The number of fused-ring (bicyclic) bond motifs is 2. The Hall–Kier alpha value is -1.99. The molecule has 1 aromatic carbocycles. The fourth-order valence-electron chi connectivity index (χ4n) is 2.55. The van der Waals surface area contributed by atoms with Gasteiger partial charge in [-0.1, -0.05) is 23.4 Å². The predicted molar refractivity (Wildman–Crippen MR) is 92.1 cm³/mol. The summed E-state index contributed by atoms with van der Waals surface area (Å²) in [5.41, 5.74) is 4.20. The zero-order valence-corrected chi connectivity index (χ0v) is 15.0. The molecule has 8 heteroatoms. The van der Waals surface area contributed by atoms with Gasteiger partial charge in [0.05, 0.1) is 5.02 Å². The van der Waals surface area contributed by atoms with Gasteiger partial charge in [-0.05, 0) is 44.0 Å². The second-order valence-electron chi connectivity index (χ2n) is 5.61. The highest BCUT2D eigenvalue weighted by atomic mass is 35.5. The first-order valence-electron chi connectivity index (χ1n) is 7.44. The van der Waals surface area contributed by atoms with Crippen LogP contribution in [0, 0.1) is 20.8 Å². The molecule has 0 amide bonds. The highest BCUT2D eigenvalue weighted by molar-refractivity contribution is 7.98. The molecular formula is C16H15ClN4O2S. The van der Waals surface area contributed by atoms with Crippen LogP contribution in [0.25, 0.3) is 5.78 Å². The molecule has 0 saturated carbocycles. The standard InChI is InChI=1S/C16H15ClN4O2S/c1-8-9(2)18-15-19-16(20-21(15)10(8)3)24-6-11-4-12(17)14-13(5-11)22-7-23-14/h4-5H,6-7H2,1-3H3. The molecule has 1 aliphatic rings. The van der Waals surface area contributed by atoms with Crippen LogP contribution >= 0.6 is 23.4 Å². The van der Waals surface area contributed by atoms with E-state index < -0.39 is 0 Å². The Morgan fingerprint density at radius 1 is 1.21 bits per heavy atom. The minimum Gasteiger partial charge on any atom is -0.454 e. The lowest BCUT2D eigenvalue weighted by Gasteiger charge is -2.04. The molecule has 4 rings (SSSR count). The summed E-state index contributed by atoms with van der Waals surface area (Å²) >= 11 is 7.75. The summed E-state index contributed by atoms with van der Waals surface area (Å²) in [5, 5.41) is 5.79. The number of benzene rings is 1. The molecule has 0 atom stereocenters. The van der Waals surface area contributed by atoms with Crippen molar-refractivity contribution in [1.29, 1.82) is 0 Å². The Kier molecular flexibility index (Phi) is 3.77. The quantitative estimate of drug-likeness (QED) is 0.662. The largest absolute Gasteiger partial charge is 0.454 e. The van der Waals surface area contributed by atoms with Gasteiger partial charge < -0.3 is 9.47 Å². The maximum atomic E-state index is 6.22. The van der Waals surface area contributed by atoms with E-state index in [0.29, 0.717) is 33.2 Å². The molecule has 0 N–H and O–H groups in total. The highest BCUT2D eigenvalue weighted by Crippen LogP contribution is 2.40. The molecule has 2 aromatic heterocycles. The van der Waals surface area contributed by atoms with Crippen molar-refractivity contribution in [2.75, 3.05) is 6.79 Å². The van der Waals surface area contributed by atoms with Crippen LogP contribution in [0.15, 0.2) is 17.3 Å². The van der Waals surface area contributed by atoms with Crippen molar-refractivity contribution in [3.8, 4) is 11.5 Å². The summed E-state index contributed by atoms with van der Waals surface area (Å²) in [4.78, 5) is 8.99. The molecule has 124 valence electrons. The Morgan fingerprint density at radius 3 is 2.88 bits per heavy atom. The lowest BCUT2D eigenvalue weighted by Crippen LogP contribution is -2.02. The maximum absolute atomic E-state index is 6.22. The van der Waals surface area contributed by atoms with Gasteiger partial charge in [-0.15, -0.1) is 5.10 Å². The number of nitrogens with zero attached hydrogens (tertiary/aromatic N) is 4. The Morgan fingerprint density at radius 2 is 2.04 bits per heavy atom. The van der Waals surface area contributed by atoms with Crippen molar-refractivity contribution < 1.29 is 9.47 Å². The van der Waals surface area contributed by atoms with E-state index in [0.717, 1.165) is 22.5 Å². The maximum Gasteiger partial charge on any atom is 0.253 e. The summed E-state index contributed by atoms with van der Waals surface area (Å²) in [6, 6.07) is 3.82. The molecule has 3 heterocycles. The van der Waals surface area contributed by atoms with Gasteiger partial charge in [0.25, 0.3) is 5.78 Å². The molecule has 6 nitrogen and oxygen atoms in total. The van der Waals surface area contributed by atoms with Gasteiger partial charge in [0, 0.05) is 17.1 Å². The SMILES string of the molecule is Cc1nc2nc(SCc3cc(Cl)c4c(c3)OCO4)nn2c(C)c1C. The summed E-state index contributed by atoms with van der Waals surface area (Å²) < 4.78 is 12.5. The van der Waals surface area contributed by atoms with E-state index in [4.69, 9.17) is 21.1 Å². The molecule has 0 unspecified atom stereocenters. The minimum absolute atomic E-state index is 0.212. The Bertz CT molecular complexity index is 957. The second-order valence-corrected chi connectivity index (χ2v) is 6.96. The molecule has 0 aliphatic carbocycles. The van der Waals surface area contributed by atoms with Crippen LogP contribution in [0.1, 0.15) is 22.5 Å². The first kappa shape index (κ1) is 15.5. The average Bonchev–Trinajstić information content (AvgIpc) is 3.17. The molecule has 0 bridgehead atoms. The number of aryl methyl sites for hydroxylation is 2. The predicted octanol–water partition coefficient (Wildman–Crippen LogP) is 3.72.